The molecule has 0 atom stereocenters. The van der Waals surface area contributed by atoms with Gasteiger partial charge in [0.1, 0.15) is 17.4 Å². The number of rotatable bonds is 13. The van der Waals surface area contributed by atoms with Crippen LogP contribution >= 0.6 is 15.9 Å². The van der Waals surface area contributed by atoms with Crippen molar-refractivity contribution in [3.05, 3.63) is 50.5 Å². The van der Waals surface area contributed by atoms with Crippen LogP contribution in [0.25, 0.3) is 0 Å². The molecule has 0 aliphatic heterocycles. The van der Waals surface area contributed by atoms with E-state index in [9.17, 15) is 20.2 Å². The summed E-state index contributed by atoms with van der Waals surface area (Å²) in [5, 5.41) is 31.8. The van der Waals surface area contributed by atoms with Gasteiger partial charge in [-0.1, -0.05) is 39.5 Å². The summed E-state index contributed by atoms with van der Waals surface area (Å²) in [5.41, 5.74) is 1.89. The molecule has 186 valence electrons. The van der Waals surface area contributed by atoms with Gasteiger partial charge in [-0.15, -0.1) is 10.2 Å². The third kappa shape index (κ3) is 8.44. The molecule has 0 saturated heterocycles. The number of carbonyl (C=O) groups excluding carboxylic acids is 1. The molecule has 35 heavy (non-hydrogen) atoms. The van der Waals surface area contributed by atoms with Crippen LogP contribution in [0.5, 0.6) is 0 Å². The summed E-state index contributed by atoms with van der Waals surface area (Å²) < 4.78 is 0.280. The van der Waals surface area contributed by atoms with Gasteiger partial charge in [0, 0.05) is 37.8 Å². The van der Waals surface area contributed by atoms with Crippen LogP contribution in [-0.2, 0) is 4.79 Å². The second-order valence-corrected chi connectivity index (χ2v) is 9.03. The molecule has 0 unspecified atom stereocenters. The van der Waals surface area contributed by atoms with E-state index in [4.69, 9.17) is 0 Å². The van der Waals surface area contributed by atoms with E-state index in [1.165, 1.54) is 13.0 Å². The van der Waals surface area contributed by atoms with Crippen molar-refractivity contribution < 1.29 is 9.72 Å². The van der Waals surface area contributed by atoms with E-state index < -0.39 is 4.92 Å². The fourth-order valence-electron chi connectivity index (χ4n) is 3.55. The summed E-state index contributed by atoms with van der Waals surface area (Å²) in [6.07, 6.45) is 6.76. The standard InChI is InChI=1S/C25H31BrN6O3/c1-4-6-8-12-31(13-9-7-5-2)20-10-11-23(24(16-20)28-18(3)33)29-30-25-19(17-27)14-21(32(34)35)15-22(25)26/h10-11,14-16H,4-9,12-13H2,1-3H3,(H,28,33). The zero-order valence-electron chi connectivity index (χ0n) is 20.4. The highest BCUT2D eigenvalue weighted by atomic mass is 79.9. The Morgan fingerprint density at radius 3 is 2.31 bits per heavy atom. The Balaban J connectivity index is 2.42. The van der Waals surface area contributed by atoms with Gasteiger partial charge in [-0.25, -0.2) is 0 Å². The number of anilines is 2. The van der Waals surface area contributed by atoms with Crippen LogP contribution in [0.15, 0.2) is 45.0 Å². The number of nitriles is 1. The lowest BCUT2D eigenvalue weighted by atomic mass is 10.1. The second kappa shape index (κ2) is 14.2. The number of hydrogen-bond donors (Lipinski definition) is 1. The van der Waals surface area contributed by atoms with Crippen molar-refractivity contribution in [2.24, 2.45) is 10.2 Å². The molecule has 0 spiro atoms. The van der Waals surface area contributed by atoms with Crippen molar-refractivity contribution >= 4 is 50.3 Å². The number of nitrogens with zero attached hydrogens (tertiary/aromatic N) is 5. The van der Waals surface area contributed by atoms with Gasteiger partial charge in [0.15, 0.2) is 0 Å². The smallest absolute Gasteiger partial charge is 0.272 e. The topological polar surface area (TPSA) is 124 Å². The molecule has 0 radical (unpaired) electrons. The Kier molecular flexibility index (Phi) is 11.3. The van der Waals surface area contributed by atoms with Gasteiger partial charge in [0.2, 0.25) is 5.91 Å². The average molecular weight is 543 g/mol. The van der Waals surface area contributed by atoms with Gasteiger partial charge in [0.25, 0.3) is 5.69 Å². The van der Waals surface area contributed by atoms with E-state index >= 15 is 0 Å². The molecule has 0 fully saturated rings. The number of amides is 1. The van der Waals surface area contributed by atoms with Crippen molar-refractivity contribution in [3.8, 4) is 6.07 Å². The summed E-state index contributed by atoms with van der Waals surface area (Å²) in [6.45, 7) is 7.64. The number of halogens is 1. The number of unbranched alkanes of at least 4 members (excludes halogenated alkanes) is 4. The molecule has 0 saturated carbocycles. The number of carbonyl (C=O) groups is 1. The maximum Gasteiger partial charge on any atom is 0.272 e. The number of non-ortho nitro benzene ring substituents is 1. The minimum absolute atomic E-state index is 0.0190. The number of nitrogens with one attached hydrogen (secondary N) is 1. The quantitative estimate of drug-likeness (QED) is 0.120. The van der Waals surface area contributed by atoms with Gasteiger partial charge in [-0.3, -0.25) is 14.9 Å². The largest absolute Gasteiger partial charge is 0.371 e. The number of benzene rings is 2. The van der Waals surface area contributed by atoms with Crippen LogP contribution in [-0.4, -0.2) is 23.9 Å². The van der Waals surface area contributed by atoms with E-state index in [2.05, 4.69) is 50.2 Å². The van der Waals surface area contributed by atoms with Crippen LogP contribution in [0.3, 0.4) is 0 Å². The molecule has 9 nitrogen and oxygen atoms in total. The van der Waals surface area contributed by atoms with Crippen LogP contribution in [0.4, 0.5) is 28.4 Å². The van der Waals surface area contributed by atoms with Crippen molar-refractivity contribution in [3.63, 3.8) is 0 Å². The van der Waals surface area contributed by atoms with Crippen LogP contribution in [0.1, 0.15) is 64.9 Å². The van der Waals surface area contributed by atoms with Crippen LogP contribution in [0.2, 0.25) is 0 Å². The first kappa shape index (κ1) is 27.9. The number of azo groups is 1. The summed E-state index contributed by atoms with van der Waals surface area (Å²) in [7, 11) is 0. The van der Waals surface area contributed by atoms with E-state index in [-0.39, 0.29) is 27.3 Å². The van der Waals surface area contributed by atoms with Gasteiger partial charge >= 0.3 is 0 Å². The molecular formula is C25H31BrN6O3. The highest BCUT2D eigenvalue weighted by Gasteiger charge is 2.16. The Bertz CT molecular complexity index is 1100. The Hall–Kier alpha value is -3.32. The predicted octanol–water partition coefficient (Wildman–Crippen LogP) is 7.79. The minimum Gasteiger partial charge on any atom is -0.371 e. The first-order valence-electron chi connectivity index (χ1n) is 11.8. The zero-order chi connectivity index (χ0) is 25.8. The molecule has 0 heterocycles. The molecule has 0 bridgehead atoms. The van der Waals surface area contributed by atoms with Gasteiger partial charge < -0.3 is 10.2 Å². The SMILES string of the molecule is CCCCCN(CCCCC)c1ccc(N=Nc2c(Br)cc([N+](=O)[O-])cc2C#N)c(NC(C)=O)c1. The van der Waals surface area contributed by atoms with E-state index in [1.54, 1.807) is 6.07 Å². The third-order valence-electron chi connectivity index (χ3n) is 5.36. The highest BCUT2D eigenvalue weighted by Crippen LogP contribution is 2.37. The average Bonchev–Trinajstić information content (AvgIpc) is 2.82. The Morgan fingerprint density at radius 1 is 1.11 bits per heavy atom. The number of nitro groups is 1. The van der Waals surface area contributed by atoms with Crippen LogP contribution < -0.4 is 10.2 Å². The maximum atomic E-state index is 11.9. The van der Waals surface area contributed by atoms with Gasteiger partial charge in [-0.05, 0) is 47.0 Å². The molecule has 2 aromatic rings. The molecule has 0 aliphatic rings. The van der Waals surface area contributed by atoms with Crippen molar-refractivity contribution in [1.82, 2.24) is 0 Å². The predicted molar refractivity (Wildman–Crippen MR) is 142 cm³/mol. The molecule has 2 rings (SSSR count). The van der Waals surface area contributed by atoms with Crippen molar-refractivity contribution in [2.45, 2.75) is 59.3 Å². The van der Waals surface area contributed by atoms with Gasteiger partial charge in [0.05, 0.1) is 20.6 Å². The lowest BCUT2D eigenvalue weighted by Gasteiger charge is -2.26. The fraction of sp³-hybridized carbons (Fsp3) is 0.440. The van der Waals surface area contributed by atoms with Gasteiger partial charge in [-0.2, -0.15) is 5.26 Å². The summed E-state index contributed by atoms with van der Waals surface area (Å²) in [4.78, 5) is 24.7. The normalized spacial score (nSPS) is 10.8. The molecule has 2 aromatic carbocycles. The van der Waals surface area contributed by atoms with E-state index in [0.717, 1.165) is 63.4 Å². The van der Waals surface area contributed by atoms with E-state index in [1.807, 2.05) is 18.2 Å². The molecular weight excluding hydrogens is 512 g/mol. The zero-order valence-corrected chi connectivity index (χ0v) is 22.0. The molecule has 1 amide bonds. The van der Waals surface area contributed by atoms with E-state index in [0.29, 0.717) is 11.4 Å². The summed E-state index contributed by atoms with van der Waals surface area (Å²) in [6, 6.07) is 9.98. The third-order valence-corrected chi connectivity index (χ3v) is 5.96. The van der Waals surface area contributed by atoms with Crippen molar-refractivity contribution in [1.29, 1.82) is 5.26 Å². The first-order chi connectivity index (χ1) is 16.8. The van der Waals surface area contributed by atoms with Crippen LogP contribution in [0, 0.1) is 21.4 Å². The monoisotopic (exact) mass is 542 g/mol. The number of hydrogen-bond acceptors (Lipinski definition) is 7. The Labute approximate surface area is 214 Å². The fourth-order valence-corrected chi connectivity index (χ4v) is 4.08. The maximum absolute atomic E-state index is 11.9. The lowest BCUT2D eigenvalue weighted by Crippen LogP contribution is -2.25. The molecule has 0 aromatic heterocycles. The number of nitro benzene ring substituents is 1. The molecule has 10 heteroatoms. The molecule has 1 N–H and O–H groups in total. The minimum atomic E-state index is -0.576. The first-order valence-corrected chi connectivity index (χ1v) is 12.6. The lowest BCUT2D eigenvalue weighted by molar-refractivity contribution is -0.384. The summed E-state index contributed by atoms with van der Waals surface area (Å²) in [5.74, 6) is -0.239. The highest BCUT2D eigenvalue weighted by molar-refractivity contribution is 9.10. The second-order valence-electron chi connectivity index (χ2n) is 8.18. The molecule has 0 aliphatic carbocycles. The van der Waals surface area contributed by atoms with Crippen molar-refractivity contribution in [2.75, 3.05) is 23.3 Å². The summed E-state index contributed by atoms with van der Waals surface area (Å²) >= 11 is 3.24. The Morgan fingerprint density at radius 2 is 1.77 bits per heavy atom.